The molecule has 0 heterocycles. The number of unbranched alkanes of at least 4 members (excludes halogenated alkanes) is 9. The van der Waals surface area contributed by atoms with E-state index >= 15 is 0 Å². The standard InChI is InChI=1S/C25H38O3/c1-3-4-5-6-7-8-9-10-11-12-15-22(16-13-14-17-25(26)27)23-18-20-24(28-2)21-19-23/h13-14,16,18-21H,3-12,15,17H2,1-2H3,(H,26,27)/b14-13+,22-16+. The number of carboxylic acids is 1. The third-order valence-electron chi connectivity index (χ3n) is 4.99. The summed E-state index contributed by atoms with van der Waals surface area (Å²) >= 11 is 0. The van der Waals surface area contributed by atoms with Gasteiger partial charge in [0.15, 0.2) is 0 Å². The smallest absolute Gasteiger partial charge is 0.307 e. The van der Waals surface area contributed by atoms with E-state index in [4.69, 9.17) is 9.84 Å². The maximum absolute atomic E-state index is 10.7. The van der Waals surface area contributed by atoms with Gasteiger partial charge in [0.1, 0.15) is 5.75 Å². The predicted octanol–water partition coefficient (Wildman–Crippen LogP) is 7.42. The minimum atomic E-state index is -0.801. The highest BCUT2D eigenvalue weighted by Crippen LogP contribution is 2.24. The molecule has 156 valence electrons. The van der Waals surface area contributed by atoms with E-state index in [1.807, 2.05) is 18.2 Å². The fourth-order valence-electron chi connectivity index (χ4n) is 3.28. The van der Waals surface area contributed by atoms with Crippen LogP contribution in [0.2, 0.25) is 0 Å². The molecule has 1 aromatic rings. The van der Waals surface area contributed by atoms with E-state index in [0.717, 1.165) is 12.2 Å². The molecule has 3 heteroatoms. The molecule has 0 atom stereocenters. The molecule has 0 bridgehead atoms. The number of methoxy groups -OCH3 is 1. The Balaban J connectivity index is 2.42. The van der Waals surface area contributed by atoms with Gasteiger partial charge in [-0.05, 0) is 36.1 Å². The number of carbonyl (C=O) groups is 1. The average molecular weight is 387 g/mol. The second-order valence-corrected chi connectivity index (χ2v) is 7.38. The van der Waals surface area contributed by atoms with E-state index in [-0.39, 0.29) is 6.42 Å². The van der Waals surface area contributed by atoms with Crippen LogP contribution < -0.4 is 4.74 Å². The Morgan fingerprint density at radius 1 is 0.929 bits per heavy atom. The van der Waals surface area contributed by atoms with Crippen LogP contribution >= 0.6 is 0 Å². The second kappa shape index (κ2) is 16.0. The van der Waals surface area contributed by atoms with Gasteiger partial charge in [0.05, 0.1) is 13.5 Å². The first-order valence-electron chi connectivity index (χ1n) is 10.9. The largest absolute Gasteiger partial charge is 0.497 e. The maximum Gasteiger partial charge on any atom is 0.307 e. The first kappa shape index (κ1) is 24.0. The molecule has 28 heavy (non-hydrogen) atoms. The van der Waals surface area contributed by atoms with Crippen molar-refractivity contribution in [2.45, 2.75) is 84.0 Å². The zero-order valence-corrected chi connectivity index (χ0v) is 17.8. The average Bonchev–Trinajstić information content (AvgIpc) is 2.71. The number of aliphatic carboxylic acids is 1. The van der Waals surface area contributed by atoms with Gasteiger partial charge < -0.3 is 9.84 Å². The molecule has 0 aliphatic heterocycles. The highest BCUT2D eigenvalue weighted by molar-refractivity contribution is 5.70. The van der Waals surface area contributed by atoms with Crippen LogP contribution in [-0.2, 0) is 4.79 Å². The van der Waals surface area contributed by atoms with Gasteiger partial charge in [0.25, 0.3) is 0 Å². The second-order valence-electron chi connectivity index (χ2n) is 7.38. The molecule has 0 aliphatic carbocycles. The molecule has 0 saturated heterocycles. The normalized spacial score (nSPS) is 11.9. The summed E-state index contributed by atoms with van der Waals surface area (Å²) in [5, 5.41) is 8.77. The van der Waals surface area contributed by atoms with Crippen molar-refractivity contribution in [1.29, 1.82) is 0 Å². The summed E-state index contributed by atoms with van der Waals surface area (Å²) in [5.74, 6) is 0.0498. The zero-order valence-electron chi connectivity index (χ0n) is 17.8. The Bertz CT molecular complexity index is 584. The van der Waals surface area contributed by atoms with Crippen LogP contribution in [-0.4, -0.2) is 18.2 Å². The van der Waals surface area contributed by atoms with E-state index in [1.165, 1.54) is 75.3 Å². The van der Waals surface area contributed by atoms with Crippen LogP contribution in [0.15, 0.2) is 42.5 Å². The topological polar surface area (TPSA) is 46.5 Å². The van der Waals surface area contributed by atoms with Crippen LogP contribution in [0, 0.1) is 0 Å². The van der Waals surface area contributed by atoms with E-state index in [9.17, 15) is 4.79 Å². The highest BCUT2D eigenvalue weighted by Gasteiger charge is 2.02. The minimum absolute atomic E-state index is 0.0602. The van der Waals surface area contributed by atoms with Crippen LogP contribution in [0.25, 0.3) is 5.57 Å². The fraction of sp³-hybridized carbons (Fsp3) is 0.560. The molecule has 1 N–H and O–H groups in total. The molecule has 3 nitrogen and oxygen atoms in total. The van der Waals surface area contributed by atoms with Crippen molar-refractivity contribution in [2.24, 2.45) is 0 Å². The summed E-state index contributed by atoms with van der Waals surface area (Å²) in [6.07, 6.45) is 20.0. The third-order valence-corrected chi connectivity index (χ3v) is 4.99. The molecule has 1 rings (SSSR count). The number of hydrogen-bond acceptors (Lipinski definition) is 2. The molecule has 0 saturated carbocycles. The Labute approximate surface area is 171 Å². The lowest BCUT2D eigenvalue weighted by molar-refractivity contribution is -0.136. The molecule has 0 fully saturated rings. The summed E-state index contributed by atoms with van der Waals surface area (Å²) in [4.78, 5) is 10.7. The summed E-state index contributed by atoms with van der Waals surface area (Å²) in [6, 6.07) is 8.10. The molecule has 0 unspecified atom stereocenters. The molecule has 0 spiro atoms. The zero-order chi connectivity index (χ0) is 20.5. The fourth-order valence-corrected chi connectivity index (χ4v) is 3.28. The van der Waals surface area contributed by atoms with Crippen LogP contribution in [0.1, 0.15) is 89.5 Å². The molecule has 0 aliphatic rings. The number of rotatable bonds is 16. The number of ether oxygens (including phenoxy) is 1. The van der Waals surface area contributed by atoms with E-state index < -0.39 is 5.97 Å². The molecule has 0 aromatic heterocycles. The third kappa shape index (κ3) is 11.6. The van der Waals surface area contributed by atoms with E-state index in [0.29, 0.717) is 0 Å². The van der Waals surface area contributed by atoms with Crippen LogP contribution in [0.3, 0.4) is 0 Å². The first-order chi connectivity index (χ1) is 13.7. The molecule has 0 radical (unpaired) electrons. The van der Waals surface area contributed by atoms with Gasteiger partial charge >= 0.3 is 5.97 Å². The van der Waals surface area contributed by atoms with Gasteiger partial charge in [0, 0.05) is 0 Å². The Morgan fingerprint density at radius 3 is 2.04 bits per heavy atom. The van der Waals surface area contributed by atoms with E-state index in [2.05, 4.69) is 25.1 Å². The summed E-state index contributed by atoms with van der Waals surface area (Å²) in [7, 11) is 1.67. The molecule has 1 aromatic carbocycles. The van der Waals surface area contributed by atoms with Crippen molar-refractivity contribution in [2.75, 3.05) is 7.11 Å². The van der Waals surface area contributed by atoms with Crippen LogP contribution in [0.4, 0.5) is 0 Å². The quantitative estimate of drug-likeness (QED) is 0.237. The van der Waals surface area contributed by atoms with Gasteiger partial charge in [0.2, 0.25) is 0 Å². The molecular weight excluding hydrogens is 348 g/mol. The monoisotopic (exact) mass is 386 g/mol. The van der Waals surface area contributed by atoms with Crippen molar-refractivity contribution in [1.82, 2.24) is 0 Å². The van der Waals surface area contributed by atoms with Crippen LogP contribution in [0.5, 0.6) is 5.75 Å². The Hall–Kier alpha value is -2.03. The lowest BCUT2D eigenvalue weighted by Gasteiger charge is -2.09. The SMILES string of the molecule is CCCCCCCCCCCC/C(=C\C=C\CC(=O)O)c1ccc(OC)cc1. The summed E-state index contributed by atoms with van der Waals surface area (Å²) in [6.45, 7) is 2.26. The lowest BCUT2D eigenvalue weighted by atomic mass is 9.98. The predicted molar refractivity (Wildman–Crippen MR) is 119 cm³/mol. The summed E-state index contributed by atoms with van der Waals surface area (Å²) < 4.78 is 5.24. The van der Waals surface area contributed by atoms with Crippen molar-refractivity contribution in [3.8, 4) is 5.75 Å². The number of allylic oxidation sites excluding steroid dienone is 3. The maximum atomic E-state index is 10.7. The highest BCUT2D eigenvalue weighted by atomic mass is 16.5. The van der Waals surface area contributed by atoms with Crippen molar-refractivity contribution in [3.05, 3.63) is 48.1 Å². The first-order valence-corrected chi connectivity index (χ1v) is 10.9. The van der Waals surface area contributed by atoms with Crippen molar-refractivity contribution >= 4 is 11.5 Å². The Kier molecular flexibility index (Phi) is 13.7. The number of hydrogen-bond donors (Lipinski definition) is 1. The van der Waals surface area contributed by atoms with Gasteiger partial charge in [-0.2, -0.15) is 0 Å². The number of carboxylic acid groups (broad SMARTS) is 1. The Morgan fingerprint density at radius 2 is 1.50 bits per heavy atom. The van der Waals surface area contributed by atoms with Gasteiger partial charge in [-0.1, -0.05) is 95.1 Å². The van der Waals surface area contributed by atoms with E-state index in [1.54, 1.807) is 13.2 Å². The number of benzene rings is 1. The van der Waals surface area contributed by atoms with Gasteiger partial charge in [-0.3, -0.25) is 4.79 Å². The van der Waals surface area contributed by atoms with Gasteiger partial charge in [-0.15, -0.1) is 0 Å². The van der Waals surface area contributed by atoms with Gasteiger partial charge in [-0.25, -0.2) is 0 Å². The lowest BCUT2D eigenvalue weighted by Crippen LogP contribution is -1.90. The molecule has 0 amide bonds. The minimum Gasteiger partial charge on any atom is -0.497 e. The van der Waals surface area contributed by atoms with Crippen molar-refractivity contribution < 1.29 is 14.6 Å². The van der Waals surface area contributed by atoms with Crippen molar-refractivity contribution in [3.63, 3.8) is 0 Å². The molecular formula is C25H38O3. The summed E-state index contributed by atoms with van der Waals surface area (Å²) in [5.41, 5.74) is 2.43.